The molecule has 1 aliphatic heterocycles. The average molecular weight is 521 g/mol. The van der Waals surface area contributed by atoms with Crippen molar-refractivity contribution in [1.82, 2.24) is 0 Å². The van der Waals surface area contributed by atoms with Crippen molar-refractivity contribution in [3.05, 3.63) is 29.8 Å². The number of fused-ring (bicyclic) bond motifs is 1. The van der Waals surface area contributed by atoms with Gasteiger partial charge in [0.2, 0.25) is 0 Å². The monoisotopic (exact) mass is 520 g/mol. The van der Waals surface area contributed by atoms with E-state index < -0.39 is 41.6 Å². The Labute approximate surface area is 219 Å². The van der Waals surface area contributed by atoms with Gasteiger partial charge in [-0.1, -0.05) is 33.8 Å². The van der Waals surface area contributed by atoms with Crippen molar-refractivity contribution in [2.75, 3.05) is 20.3 Å². The first kappa shape index (κ1) is 28.9. The van der Waals surface area contributed by atoms with E-state index in [2.05, 4.69) is 0 Å². The maximum atomic E-state index is 12.8. The molecule has 2 fully saturated rings. The van der Waals surface area contributed by atoms with Crippen LogP contribution in [0.5, 0.6) is 11.5 Å². The van der Waals surface area contributed by atoms with Crippen molar-refractivity contribution in [3.63, 3.8) is 0 Å². The summed E-state index contributed by atoms with van der Waals surface area (Å²) in [5, 5.41) is 11.0. The molecule has 1 aromatic rings. The van der Waals surface area contributed by atoms with E-state index in [0.717, 1.165) is 18.4 Å². The number of esters is 2. The van der Waals surface area contributed by atoms with Gasteiger partial charge in [0.25, 0.3) is 0 Å². The number of benzene rings is 1. The van der Waals surface area contributed by atoms with Crippen LogP contribution in [0.4, 0.5) is 0 Å². The van der Waals surface area contributed by atoms with Crippen molar-refractivity contribution in [2.45, 2.75) is 95.9 Å². The quantitative estimate of drug-likeness (QED) is 0.320. The summed E-state index contributed by atoms with van der Waals surface area (Å²) < 4.78 is 34.5. The second-order valence-corrected chi connectivity index (χ2v) is 9.50. The molecular formula is C28H40O9. The van der Waals surface area contributed by atoms with Gasteiger partial charge in [-0.2, -0.15) is 0 Å². The molecule has 0 spiro atoms. The predicted octanol–water partition coefficient (Wildman–Crippen LogP) is 4.19. The minimum Gasteiger partial charge on any atom is -0.490 e. The summed E-state index contributed by atoms with van der Waals surface area (Å²) >= 11 is 0. The smallest absolute Gasteiger partial charge is 0.338 e. The lowest BCUT2D eigenvalue weighted by atomic mass is 9.79. The van der Waals surface area contributed by atoms with Crippen LogP contribution in [0.3, 0.4) is 0 Å². The fourth-order valence-electron chi connectivity index (χ4n) is 4.72. The molecule has 0 amide bonds. The van der Waals surface area contributed by atoms with E-state index in [0.29, 0.717) is 37.6 Å². The first-order valence-electron chi connectivity index (χ1n) is 13.2. The van der Waals surface area contributed by atoms with Crippen LogP contribution in [0.1, 0.15) is 71.8 Å². The Kier molecular flexibility index (Phi) is 9.98. The lowest BCUT2D eigenvalue weighted by molar-refractivity contribution is -0.191. The van der Waals surface area contributed by atoms with E-state index in [4.69, 9.17) is 28.4 Å². The van der Waals surface area contributed by atoms with Gasteiger partial charge in [-0.05, 0) is 49.5 Å². The van der Waals surface area contributed by atoms with E-state index in [1.807, 2.05) is 45.9 Å². The van der Waals surface area contributed by atoms with Crippen LogP contribution >= 0.6 is 0 Å². The molecule has 1 aliphatic carbocycles. The number of methoxy groups -OCH3 is 1. The topological polar surface area (TPSA) is 110 Å². The first-order chi connectivity index (χ1) is 17.7. The zero-order valence-electron chi connectivity index (χ0n) is 22.5. The molecule has 2 aliphatic rings. The summed E-state index contributed by atoms with van der Waals surface area (Å²) in [7, 11) is 1.21. The standard InChI is InChI=1S/C28H40O9/c1-6-14-33-20-12-10-19(16-21(20)34-15-7-2)11-13-24(29)35-22-17-27(31,26(30)32-5)18-23-25(22)37-28(8-3,9-4)36-23/h10-13,16,22-23,25,31H,6-9,14-15,17-18H2,1-5H3/b13-11+/t22-,23-,25+,27-/m1/s1. The van der Waals surface area contributed by atoms with Gasteiger partial charge in [-0.15, -0.1) is 0 Å². The van der Waals surface area contributed by atoms with Gasteiger partial charge in [0.1, 0.15) is 12.2 Å². The van der Waals surface area contributed by atoms with Crippen LogP contribution in [-0.4, -0.2) is 67.1 Å². The molecule has 4 atom stereocenters. The van der Waals surface area contributed by atoms with Crippen LogP contribution in [-0.2, 0) is 28.5 Å². The maximum Gasteiger partial charge on any atom is 0.338 e. The number of carbonyl (C=O) groups is 2. The minimum absolute atomic E-state index is 0.00294. The number of rotatable bonds is 12. The molecular weight excluding hydrogens is 480 g/mol. The highest BCUT2D eigenvalue weighted by Gasteiger charge is 2.59. The summed E-state index contributed by atoms with van der Waals surface area (Å²) in [6.07, 6.45) is 3.54. The summed E-state index contributed by atoms with van der Waals surface area (Å²) in [6.45, 7) is 9.05. The number of hydrogen-bond donors (Lipinski definition) is 1. The molecule has 0 unspecified atom stereocenters. The van der Waals surface area contributed by atoms with Gasteiger partial charge < -0.3 is 33.5 Å². The van der Waals surface area contributed by atoms with Crippen molar-refractivity contribution in [3.8, 4) is 11.5 Å². The molecule has 1 aromatic carbocycles. The molecule has 37 heavy (non-hydrogen) atoms. The SMILES string of the molecule is CCCOc1ccc(/C=C/C(=O)O[C@@H]2C[C@](O)(C(=O)OC)C[C@H]3OC(CC)(CC)O[C@@H]23)cc1OCCC. The van der Waals surface area contributed by atoms with Gasteiger partial charge in [0.15, 0.2) is 22.9 Å². The summed E-state index contributed by atoms with van der Waals surface area (Å²) in [5.41, 5.74) is -1.11. The highest BCUT2D eigenvalue weighted by atomic mass is 16.8. The molecule has 0 radical (unpaired) electrons. The van der Waals surface area contributed by atoms with Crippen molar-refractivity contribution in [2.24, 2.45) is 0 Å². The van der Waals surface area contributed by atoms with E-state index in [-0.39, 0.29) is 12.8 Å². The molecule has 1 saturated heterocycles. The molecule has 1 N–H and O–H groups in total. The molecule has 9 nitrogen and oxygen atoms in total. The maximum absolute atomic E-state index is 12.8. The Bertz CT molecular complexity index is 955. The normalized spacial score (nSPS) is 26.5. The Morgan fingerprint density at radius 3 is 2.32 bits per heavy atom. The highest BCUT2D eigenvalue weighted by molar-refractivity contribution is 5.87. The molecule has 9 heteroatoms. The first-order valence-corrected chi connectivity index (χ1v) is 13.2. The van der Waals surface area contributed by atoms with Gasteiger partial charge in [0, 0.05) is 18.9 Å². The zero-order chi connectivity index (χ0) is 27.1. The molecule has 0 aromatic heterocycles. The Hall–Kier alpha value is -2.62. The third-order valence-corrected chi connectivity index (χ3v) is 6.74. The summed E-state index contributed by atoms with van der Waals surface area (Å²) in [6, 6.07) is 5.44. The lowest BCUT2D eigenvalue weighted by Gasteiger charge is -2.39. The van der Waals surface area contributed by atoms with Gasteiger partial charge in [-0.3, -0.25) is 0 Å². The number of aliphatic hydroxyl groups is 1. The summed E-state index contributed by atoms with van der Waals surface area (Å²) in [4.78, 5) is 25.2. The van der Waals surface area contributed by atoms with Gasteiger partial charge >= 0.3 is 11.9 Å². The van der Waals surface area contributed by atoms with Crippen LogP contribution < -0.4 is 9.47 Å². The average Bonchev–Trinajstić information content (AvgIpc) is 3.28. The van der Waals surface area contributed by atoms with Crippen LogP contribution in [0.2, 0.25) is 0 Å². The van der Waals surface area contributed by atoms with Crippen molar-refractivity contribution < 1.29 is 43.1 Å². The van der Waals surface area contributed by atoms with Crippen molar-refractivity contribution in [1.29, 1.82) is 0 Å². The van der Waals surface area contributed by atoms with E-state index in [1.54, 1.807) is 6.08 Å². The Morgan fingerprint density at radius 2 is 1.70 bits per heavy atom. The molecule has 3 rings (SSSR count). The number of carbonyl (C=O) groups excluding carboxylic acids is 2. The Morgan fingerprint density at radius 1 is 1.03 bits per heavy atom. The van der Waals surface area contributed by atoms with Crippen LogP contribution in [0, 0.1) is 0 Å². The fraction of sp³-hybridized carbons (Fsp3) is 0.643. The van der Waals surface area contributed by atoms with Gasteiger partial charge in [-0.25, -0.2) is 9.59 Å². The van der Waals surface area contributed by atoms with Gasteiger partial charge in [0.05, 0.1) is 26.4 Å². The fourth-order valence-corrected chi connectivity index (χ4v) is 4.72. The largest absolute Gasteiger partial charge is 0.490 e. The molecule has 206 valence electrons. The lowest BCUT2D eigenvalue weighted by Crippen LogP contribution is -2.56. The number of hydrogen-bond acceptors (Lipinski definition) is 9. The van der Waals surface area contributed by atoms with E-state index in [9.17, 15) is 14.7 Å². The second-order valence-electron chi connectivity index (χ2n) is 9.50. The second kappa shape index (κ2) is 12.8. The third kappa shape index (κ3) is 6.83. The van der Waals surface area contributed by atoms with Crippen molar-refractivity contribution >= 4 is 18.0 Å². The molecule has 1 saturated carbocycles. The minimum atomic E-state index is -1.84. The summed E-state index contributed by atoms with van der Waals surface area (Å²) in [5.74, 6) is -1.01. The molecule has 0 bridgehead atoms. The Balaban J connectivity index is 1.76. The van der Waals surface area contributed by atoms with E-state index >= 15 is 0 Å². The van der Waals surface area contributed by atoms with E-state index in [1.165, 1.54) is 13.2 Å². The van der Waals surface area contributed by atoms with Crippen LogP contribution in [0.25, 0.3) is 6.08 Å². The predicted molar refractivity (Wildman–Crippen MR) is 136 cm³/mol. The van der Waals surface area contributed by atoms with Crippen LogP contribution in [0.15, 0.2) is 24.3 Å². The zero-order valence-corrected chi connectivity index (χ0v) is 22.5. The molecule has 1 heterocycles. The number of ether oxygens (including phenoxy) is 6. The third-order valence-electron chi connectivity index (χ3n) is 6.74. The highest BCUT2D eigenvalue weighted by Crippen LogP contribution is 2.45.